The summed E-state index contributed by atoms with van der Waals surface area (Å²) in [5, 5.41) is 9.10. The molecule has 2 aromatic heterocycles. The Morgan fingerprint density at radius 3 is 2.14 bits per heavy atom. The van der Waals surface area contributed by atoms with Gasteiger partial charge in [-0.05, 0) is 43.3 Å². The molecule has 1 aliphatic rings. The summed E-state index contributed by atoms with van der Waals surface area (Å²) in [6.07, 6.45) is 0. The van der Waals surface area contributed by atoms with Gasteiger partial charge in [0.2, 0.25) is 5.95 Å². The van der Waals surface area contributed by atoms with Crippen LogP contribution >= 0.6 is 23.2 Å². The molecule has 0 unspecified atom stereocenters. The van der Waals surface area contributed by atoms with Crippen molar-refractivity contribution in [3.8, 4) is 22.4 Å². The minimum absolute atomic E-state index is 0.0566. The Bertz CT molecular complexity index is 1490. The van der Waals surface area contributed by atoms with E-state index in [0.717, 1.165) is 11.1 Å². The molecule has 5 rings (SSSR count). The maximum Gasteiger partial charge on any atom is 0.352 e. The molecule has 0 atom stereocenters. The van der Waals surface area contributed by atoms with Crippen molar-refractivity contribution in [1.82, 2.24) is 24.5 Å². The number of carbonyl (C=O) groups is 1. The highest BCUT2D eigenvalue weighted by atomic mass is 35.5. The summed E-state index contributed by atoms with van der Waals surface area (Å²) in [5.41, 5.74) is 2.50. The van der Waals surface area contributed by atoms with E-state index in [0.29, 0.717) is 52.5 Å². The first-order valence-electron chi connectivity index (χ1n) is 11.3. The highest BCUT2D eigenvalue weighted by Gasteiger charge is 2.48. The zero-order chi connectivity index (χ0) is 24.9. The molecule has 10 heteroatoms. The largest absolute Gasteiger partial charge is 0.352 e. The van der Waals surface area contributed by atoms with Crippen molar-refractivity contribution in [3.05, 3.63) is 69.1 Å². The van der Waals surface area contributed by atoms with Crippen LogP contribution in [0.1, 0.15) is 13.8 Å². The number of aryl methyl sites for hydroxylation is 1. The van der Waals surface area contributed by atoms with Gasteiger partial charge in [0.25, 0.3) is 0 Å². The zero-order valence-corrected chi connectivity index (χ0v) is 21.1. The molecule has 0 spiro atoms. The third kappa shape index (κ3) is 3.91. The van der Waals surface area contributed by atoms with Crippen molar-refractivity contribution in [2.24, 2.45) is 7.05 Å². The molecule has 1 fully saturated rings. The zero-order valence-electron chi connectivity index (χ0n) is 19.5. The first kappa shape index (κ1) is 23.5. The van der Waals surface area contributed by atoms with Crippen LogP contribution in [0.15, 0.2) is 53.3 Å². The van der Waals surface area contributed by atoms with Crippen LogP contribution < -0.4 is 15.9 Å². The lowest BCUT2D eigenvalue weighted by Crippen LogP contribution is -2.73. The molecule has 1 aliphatic heterocycles. The number of halogens is 2. The number of anilines is 1. The van der Waals surface area contributed by atoms with Crippen LogP contribution in [0.3, 0.4) is 0 Å². The quantitative estimate of drug-likeness (QED) is 0.424. The number of fused-ring (bicyclic) bond motifs is 1. The third-order valence-electron chi connectivity index (χ3n) is 6.44. The molecule has 180 valence electrons. The molecule has 2 aromatic carbocycles. The molecule has 4 aromatic rings. The molecule has 0 amide bonds. The number of Topliss-reactive ketones (excluding diaryl/α,β-unsaturated/α-hetero) is 1. The van der Waals surface area contributed by atoms with Crippen LogP contribution in [0, 0.1) is 0 Å². The lowest BCUT2D eigenvalue weighted by atomic mass is 9.86. The van der Waals surface area contributed by atoms with Gasteiger partial charge in [-0.15, -0.1) is 5.10 Å². The molecule has 35 heavy (non-hydrogen) atoms. The predicted molar refractivity (Wildman–Crippen MR) is 138 cm³/mol. The van der Waals surface area contributed by atoms with Crippen molar-refractivity contribution in [1.29, 1.82) is 0 Å². The van der Waals surface area contributed by atoms with Crippen LogP contribution in [0.5, 0.6) is 0 Å². The molecule has 3 heterocycles. The minimum atomic E-state index is -0.663. The average Bonchev–Trinajstić information content (AvgIpc) is 3.10. The number of nitrogens with zero attached hydrogens (tertiary/aromatic N) is 5. The molecule has 0 saturated carbocycles. The number of likely N-dealkylation sites (N-methyl/N-ethyl adjacent to an activating group) is 1. The van der Waals surface area contributed by atoms with E-state index in [4.69, 9.17) is 28.2 Å². The Balaban J connectivity index is 1.77. The Labute approximate surface area is 212 Å². The minimum Gasteiger partial charge on any atom is -0.337 e. The van der Waals surface area contributed by atoms with Gasteiger partial charge in [0, 0.05) is 35.7 Å². The summed E-state index contributed by atoms with van der Waals surface area (Å²) in [6.45, 7) is 5.02. The van der Waals surface area contributed by atoms with Crippen molar-refractivity contribution in [2.45, 2.75) is 19.4 Å². The van der Waals surface area contributed by atoms with E-state index in [1.54, 1.807) is 38.2 Å². The molecule has 0 radical (unpaired) electrons. The molecule has 8 nitrogen and oxygen atoms in total. The summed E-state index contributed by atoms with van der Waals surface area (Å²) < 4.78 is 2.81. The number of nitrogens with one attached hydrogen (secondary N) is 1. The molecule has 1 N–H and O–H groups in total. The molecular weight excluding hydrogens is 487 g/mol. The van der Waals surface area contributed by atoms with E-state index in [-0.39, 0.29) is 11.5 Å². The van der Waals surface area contributed by atoms with Crippen molar-refractivity contribution >= 4 is 40.6 Å². The van der Waals surface area contributed by atoms with E-state index in [1.807, 2.05) is 36.1 Å². The van der Waals surface area contributed by atoms with Gasteiger partial charge in [0.15, 0.2) is 11.4 Å². The lowest BCUT2D eigenvalue weighted by Gasteiger charge is -2.49. The molecule has 0 bridgehead atoms. The topological polar surface area (TPSA) is 84.5 Å². The number of rotatable bonds is 6. The first-order chi connectivity index (χ1) is 16.7. The fourth-order valence-electron chi connectivity index (χ4n) is 4.57. The van der Waals surface area contributed by atoms with Gasteiger partial charge < -0.3 is 10.2 Å². The Hall–Kier alpha value is -3.20. The number of carbonyl (C=O) groups excluding carboxylic acids is 1. The van der Waals surface area contributed by atoms with E-state index in [9.17, 15) is 9.59 Å². The Morgan fingerprint density at radius 1 is 1.03 bits per heavy atom. The van der Waals surface area contributed by atoms with E-state index < -0.39 is 5.54 Å². The summed E-state index contributed by atoms with van der Waals surface area (Å²) in [7, 11) is 1.61. The normalized spacial score (nSPS) is 14.8. The Kier molecular flexibility index (Phi) is 5.91. The highest BCUT2D eigenvalue weighted by molar-refractivity contribution is 6.31. The monoisotopic (exact) mass is 510 g/mol. The van der Waals surface area contributed by atoms with Gasteiger partial charge in [-0.3, -0.25) is 4.79 Å². The summed E-state index contributed by atoms with van der Waals surface area (Å²) >= 11 is 12.3. The van der Waals surface area contributed by atoms with Crippen LogP contribution in [0.25, 0.3) is 28.0 Å². The van der Waals surface area contributed by atoms with Gasteiger partial charge in [0.1, 0.15) is 5.54 Å². The fraction of sp³-hybridized carbons (Fsp3) is 0.280. The van der Waals surface area contributed by atoms with E-state index >= 15 is 0 Å². The van der Waals surface area contributed by atoms with Gasteiger partial charge >= 0.3 is 5.69 Å². The van der Waals surface area contributed by atoms with Gasteiger partial charge in [-0.25, -0.2) is 18.9 Å². The van der Waals surface area contributed by atoms with Crippen molar-refractivity contribution < 1.29 is 4.79 Å². The third-order valence-corrected chi connectivity index (χ3v) is 6.94. The van der Waals surface area contributed by atoms with E-state index in [2.05, 4.69) is 10.4 Å². The SMILES string of the molecule is CCNC1(C(C)=O)CN(c2nc(-c3ccc(Cl)cc3)c(-c3ccc(Cl)cc3)c3nn(C)c(=O)n23)C1. The number of benzene rings is 2. The Morgan fingerprint density at radius 2 is 1.60 bits per heavy atom. The van der Waals surface area contributed by atoms with Crippen molar-refractivity contribution in [3.63, 3.8) is 0 Å². The van der Waals surface area contributed by atoms with Crippen LogP contribution in [0.2, 0.25) is 10.0 Å². The molecule has 1 saturated heterocycles. The maximum atomic E-state index is 13.2. The number of hydrogen-bond acceptors (Lipinski definition) is 6. The second-order valence-corrected chi connectivity index (χ2v) is 9.61. The van der Waals surface area contributed by atoms with Gasteiger partial charge in [-0.2, -0.15) is 0 Å². The summed E-state index contributed by atoms with van der Waals surface area (Å²) in [6, 6.07) is 14.7. The second kappa shape index (κ2) is 8.78. The van der Waals surface area contributed by atoms with Crippen LogP contribution in [0.4, 0.5) is 5.95 Å². The van der Waals surface area contributed by atoms with Crippen molar-refractivity contribution in [2.75, 3.05) is 24.5 Å². The van der Waals surface area contributed by atoms with Gasteiger partial charge in [0.05, 0.1) is 11.3 Å². The number of ketones is 1. The van der Waals surface area contributed by atoms with Crippen LogP contribution in [-0.2, 0) is 11.8 Å². The number of aromatic nitrogens is 4. The average molecular weight is 511 g/mol. The first-order valence-corrected chi connectivity index (χ1v) is 12.0. The smallest absolute Gasteiger partial charge is 0.337 e. The summed E-state index contributed by atoms with van der Waals surface area (Å²) in [5.74, 6) is 0.497. The second-order valence-electron chi connectivity index (χ2n) is 8.74. The lowest BCUT2D eigenvalue weighted by molar-refractivity contribution is -0.124. The number of hydrogen-bond donors (Lipinski definition) is 1. The highest BCUT2D eigenvalue weighted by Crippen LogP contribution is 2.38. The summed E-state index contributed by atoms with van der Waals surface area (Å²) in [4.78, 5) is 32.6. The predicted octanol–water partition coefficient (Wildman–Crippen LogP) is 3.83. The van der Waals surface area contributed by atoms with E-state index in [1.165, 1.54) is 9.08 Å². The fourth-order valence-corrected chi connectivity index (χ4v) is 4.83. The molecular formula is C25H24Cl2N6O2. The standard InChI is InChI=1S/C25H24Cl2N6O2/c1-4-28-25(15(2)34)13-32(14-25)23-29-21(17-7-11-19(27)12-8-17)20(16-5-9-18(26)10-6-16)22-30-31(3)24(35)33(22)23/h5-12,28H,4,13-14H2,1-3H3. The molecule has 0 aliphatic carbocycles. The van der Waals surface area contributed by atoms with Gasteiger partial charge in [-0.1, -0.05) is 54.4 Å². The maximum absolute atomic E-state index is 13.2. The van der Waals surface area contributed by atoms with Crippen LogP contribution in [-0.4, -0.2) is 50.1 Å².